The summed E-state index contributed by atoms with van der Waals surface area (Å²) < 4.78 is 11.3. The Morgan fingerprint density at radius 1 is 0.909 bits per heavy atom. The lowest BCUT2D eigenvalue weighted by atomic mass is 9.98. The van der Waals surface area contributed by atoms with Crippen LogP contribution in [-0.2, 0) is 41.7 Å². The van der Waals surface area contributed by atoms with E-state index in [1.165, 1.54) is 0 Å². The Kier molecular flexibility index (Phi) is 12.8. The first kappa shape index (κ1) is 34.6. The normalized spacial score (nSPS) is 17.4. The smallest absolute Gasteiger partial charge is 0.408 e. The van der Waals surface area contributed by atoms with Gasteiger partial charge in [0, 0.05) is 18.9 Å². The third kappa shape index (κ3) is 11.3. The highest BCUT2D eigenvalue weighted by molar-refractivity contribution is 7.96. The van der Waals surface area contributed by atoms with Gasteiger partial charge in [-0.05, 0) is 51.7 Å². The second kappa shape index (κ2) is 16.2. The summed E-state index contributed by atoms with van der Waals surface area (Å²) >= 11 is 3.94. The summed E-state index contributed by atoms with van der Waals surface area (Å²) in [7, 11) is 0. The van der Waals surface area contributed by atoms with Gasteiger partial charge in [0.05, 0.1) is 17.7 Å². The van der Waals surface area contributed by atoms with Crippen LogP contribution >= 0.6 is 12.6 Å². The molecule has 12 heteroatoms. The molecule has 0 saturated carbocycles. The average Bonchev–Trinajstić information content (AvgIpc) is 3.37. The van der Waals surface area contributed by atoms with E-state index in [9.17, 15) is 24.0 Å². The van der Waals surface area contributed by atoms with Crippen LogP contribution in [-0.4, -0.2) is 65.3 Å². The summed E-state index contributed by atoms with van der Waals surface area (Å²) in [6.07, 6.45) is -0.934. The maximum Gasteiger partial charge on any atom is 0.408 e. The number of alkyl carbamates (subject to hydrolysis) is 1. The Bertz CT molecular complexity index is 1290. The molecule has 5 atom stereocenters. The molecule has 1 heterocycles. The molecule has 2 aromatic carbocycles. The fourth-order valence-corrected chi connectivity index (χ4v) is 5.05. The Balaban J connectivity index is 1.79. The molecule has 4 N–H and O–H groups in total. The van der Waals surface area contributed by atoms with Crippen molar-refractivity contribution in [1.29, 1.82) is 0 Å². The first-order chi connectivity index (χ1) is 20.8. The van der Waals surface area contributed by atoms with Crippen LogP contribution in [0.1, 0.15) is 51.7 Å². The summed E-state index contributed by atoms with van der Waals surface area (Å²) in [5.74, 6) is -1.94. The van der Waals surface area contributed by atoms with E-state index in [1.807, 2.05) is 45.0 Å². The summed E-state index contributed by atoms with van der Waals surface area (Å²) in [4.78, 5) is 64.6. The Labute approximate surface area is 263 Å². The van der Waals surface area contributed by atoms with Gasteiger partial charge in [0.1, 0.15) is 18.7 Å². The average molecular weight is 627 g/mol. The molecule has 11 nitrogen and oxygen atoms in total. The lowest BCUT2D eigenvalue weighted by Gasteiger charge is -2.31. The number of ether oxygens (including phenoxy) is 2. The standard InChI is InChI=1S/C32H42N4O7S/c1-20(43-32(2,3)4)26(36-31(41)42-19-22-13-9-6-10-14-22)29(39)34-24(17-21-11-7-5-8-12-21)28(38)35-25(30(40)44)18-23-15-16-33-27(23)37/h5-14,20,23-26H,15-19H2,1-4H3,(H,33,37)(H,34,39)(H,35,38)(H,36,41)(H,40,44)/t20-,23+,24+,25+,26+/m1/s1. The minimum atomic E-state index is -1.23. The highest BCUT2D eigenvalue weighted by Crippen LogP contribution is 2.18. The molecule has 3 rings (SSSR count). The maximum absolute atomic E-state index is 13.8. The second-order valence-corrected chi connectivity index (χ2v) is 12.2. The van der Waals surface area contributed by atoms with Crippen molar-refractivity contribution in [3.63, 3.8) is 0 Å². The van der Waals surface area contributed by atoms with E-state index in [0.717, 1.165) is 11.1 Å². The van der Waals surface area contributed by atoms with Gasteiger partial charge in [-0.15, -0.1) is 12.6 Å². The molecular formula is C32H42N4O7S. The number of rotatable bonds is 14. The molecule has 1 aliphatic rings. The molecule has 2 aromatic rings. The minimum absolute atomic E-state index is 0.00722. The second-order valence-electron chi connectivity index (χ2n) is 11.8. The summed E-state index contributed by atoms with van der Waals surface area (Å²) in [5, 5.41) is 10.1. The molecule has 4 amide bonds. The summed E-state index contributed by atoms with van der Waals surface area (Å²) in [5.41, 5.74) is 0.870. The van der Waals surface area contributed by atoms with Crippen molar-refractivity contribution in [3.8, 4) is 0 Å². The largest absolute Gasteiger partial charge is 0.445 e. The van der Waals surface area contributed by atoms with E-state index in [1.54, 1.807) is 43.3 Å². The van der Waals surface area contributed by atoms with Crippen LogP contribution in [0, 0.1) is 5.92 Å². The zero-order valence-electron chi connectivity index (χ0n) is 25.5. The fraction of sp³-hybridized carbons (Fsp3) is 0.469. The number of thiol groups is 1. The van der Waals surface area contributed by atoms with Crippen molar-refractivity contribution in [3.05, 3.63) is 71.8 Å². The zero-order valence-corrected chi connectivity index (χ0v) is 26.4. The molecule has 1 saturated heterocycles. The van der Waals surface area contributed by atoms with Gasteiger partial charge in [0.15, 0.2) is 0 Å². The van der Waals surface area contributed by atoms with E-state index in [0.29, 0.717) is 13.0 Å². The third-order valence-corrected chi connectivity index (χ3v) is 7.30. The van der Waals surface area contributed by atoms with Gasteiger partial charge in [0.2, 0.25) is 22.8 Å². The van der Waals surface area contributed by atoms with E-state index >= 15 is 0 Å². The van der Waals surface area contributed by atoms with Crippen LogP contribution in [0.4, 0.5) is 4.79 Å². The van der Waals surface area contributed by atoms with Crippen molar-refractivity contribution < 1.29 is 33.4 Å². The van der Waals surface area contributed by atoms with Crippen molar-refractivity contribution >= 4 is 41.6 Å². The molecule has 1 fully saturated rings. The number of hydrogen-bond acceptors (Lipinski definition) is 7. The number of amides is 4. The van der Waals surface area contributed by atoms with Gasteiger partial charge in [-0.25, -0.2) is 4.79 Å². The lowest BCUT2D eigenvalue weighted by Crippen LogP contribution is -2.59. The fourth-order valence-electron chi connectivity index (χ4n) is 4.88. The van der Waals surface area contributed by atoms with E-state index in [4.69, 9.17) is 9.47 Å². The van der Waals surface area contributed by atoms with Gasteiger partial charge < -0.3 is 30.7 Å². The Morgan fingerprint density at radius 2 is 1.50 bits per heavy atom. The zero-order chi connectivity index (χ0) is 32.3. The first-order valence-electron chi connectivity index (χ1n) is 14.6. The molecule has 0 bridgehead atoms. The Morgan fingerprint density at radius 3 is 2.05 bits per heavy atom. The summed E-state index contributed by atoms with van der Waals surface area (Å²) in [6, 6.07) is 14.7. The molecule has 0 spiro atoms. The quantitative estimate of drug-likeness (QED) is 0.202. The van der Waals surface area contributed by atoms with Crippen molar-refractivity contribution in [2.45, 2.75) is 83.4 Å². The molecule has 0 unspecified atom stereocenters. The van der Waals surface area contributed by atoms with Crippen molar-refractivity contribution in [2.75, 3.05) is 6.54 Å². The monoisotopic (exact) mass is 626 g/mol. The van der Waals surface area contributed by atoms with Crippen LogP contribution in [0.15, 0.2) is 60.7 Å². The van der Waals surface area contributed by atoms with Crippen LogP contribution < -0.4 is 21.3 Å². The third-order valence-electron chi connectivity index (χ3n) is 6.99. The number of benzene rings is 2. The van der Waals surface area contributed by atoms with E-state index in [-0.39, 0.29) is 25.4 Å². The van der Waals surface area contributed by atoms with Gasteiger partial charge in [-0.2, -0.15) is 0 Å². The molecular weight excluding hydrogens is 584 g/mol. The van der Waals surface area contributed by atoms with E-state index in [2.05, 4.69) is 33.9 Å². The van der Waals surface area contributed by atoms with Crippen LogP contribution in [0.2, 0.25) is 0 Å². The summed E-state index contributed by atoms with van der Waals surface area (Å²) in [6.45, 7) is 7.58. The first-order valence-corrected chi connectivity index (χ1v) is 15.1. The van der Waals surface area contributed by atoms with Gasteiger partial charge in [-0.3, -0.25) is 19.2 Å². The highest BCUT2D eigenvalue weighted by atomic mass is 32.1. The molecule has 0 aromatic heterocycles. The van der Waals surface area contributed by atoms with Crippen molar-refractivity contribution in [2.24, 2.45) is 5.92 Å². The minimum Gasteiger partial charge on any atom is -0.445 e. The van der Waals surface area contributed by atoms with E-state index < -0.39 is 58.8 Å². The predicted molar refractivity (Wildman–Crippen MR) is 168 cm³/mol. The predicted octanol–water partition coefficient (Wildman–Crippen LogP) is 2.68. The maximum atomic E-state index is 13.8. The SMILES string of the molecule is C[C@@H](OC(C)(C)C)[C@H](NC(=O)OCc1ccccc1)C(=O)N[C@@H](Cc1ccccc1)C(=O)N[C@@H](C[C@@H]1CCNC1=O)C(=O)S. The number of hydrogen-bond donors (Lipinski definition) is 5. The number of carbonyl (C=O) groups excluding carboxylic acids is 5. The molecule has 238 valence electrons. The molecule has 0 radical (unpaired) electrons. The van der Waals surface area contributed by atoms with Gasteiger partial charge in [0.25, 0.3) is 0 Å². The lowest BCUT2D eigenvalue weighted by molar-refractivity contribution is -0.135. The van der Waals surface area contributed by atoms with Crippen LogP contribution in [0.5, 0.6) is 0 Å². The van der Waals surface area contributed by atoms with Crippen LogP contribution in [0.25, 0.3) is 0 Å². The van der Waals surface area contributed by atoms with Crippen molar-refractivity contribution in [1.82, 2.24) is 21.3 Å². The molecule has 1 aliphatic heterocycles. The van der Waals surface area contributed by atoms with Gasteiger partial charge >= 0.3 is 6.09 Å². The Hall–Kier alpha value is -3.90. The number of carbonyl (C=O) groups is 5. The molecule has 44 heavy (non-hydrogen) atoms. The molecule has 0 aliphatic carbocycles. The topological polar surface area (TPSA) is 152 Å². The highest BCUT2D eigenvalue weighted by Gasteiger charge is 2.36. The van der Waals surface area contributed by atoms with Crippen LogP contribution in [0.3, 0.4) is 0 Å². The number of nitrogens with one attached hydrogen (secondary N) is 4. The van der Waals surface area contributed by atoms with Gasteiger partial charge in [-0.1, -0.05) is 60.7 Å².